The first kappa shape index (κ1) is 25.4. The van der Waals surface area contributed by atoms with Crippen molar-refractivity contribution in [2.75, 3.05) is 6.61 Å². The molecule has 0 rings (SSSR count). The van der Waals surface area contributed by atoms with Crippen molar-refractivity contribution in [3.8, 4) is 0 Å². The Morgan fingerprint density at radius 3 is 1.81 bits per heavy atom. The maximum absolute atomic E-state index is 11.6. The van der Waals surface area contributed by atoms with Gasteiger partial charge >= 0.3 is 5.97 Å². The van der Waals surface area contributed by atoms with Crippen LogP contribution in [0.1, 0.15) is 84.5 Å². The van der Waals surface area contributed by atoms with Crippen molar-refractivity contribution in [3.05, 3.63) is 48.6 Å². The topological polar surface area (TPSA) is 46.5 Å². The van der Waals surface area contributed by atoms with E-state index in [-0.39, 0.29) is 18.7 Å². The Hall–Kier alpha value is -1.61. The average molecular weight is 377 g/mol. The third-order valence-corrected chi connectivity index (χ3v) is 4.17. The van der Waals surface area contributed by atoms with Crippen LogP contribution in [0.5, 0.6) is 0 Å². The average Bonchev–Trinajstić information content (AvgIpc) is 2.68. The van der Waals surface area contributed by atoms with Gasteiger partial charge in [-0.1, -0.05) is 75.3 Å². The van der Waals surface area contributed by atoms with Crippen LogP contribution in [0.15, 0.2) is 48.6 Å². The lowest BCUT2D eigenvalue weighted by molar-refractivity contribution is -0.151. The molecule has 0 aliphatic rings. The van der Waals surface area contributed by atoms with Crippen LogP contribution in [-0.4, -0.2) is 23.8 Å². The second-order valence-corrected chi connectivity index (χ2v) is 6.68. The van der Waals surface area contributed by atoms with Gasteiger partial charge in [0.15, 0.2) is 0 Å². The molecular formula is C24H40O3. The molecule has 3 heteroatoms. The first-order valence-corrected chi connectivity index (χ1v) is 10.6. The van der Waals surface area contributed by atoms with Crippen LogP contribution in [0.4, 0.5) is 0 Å². The Kier molecular flexibility index (Phi) is 19.5. The Labute approximate surface area is 166 Å². The van der Waals surface area contributed by atoms with E-state index in [9.17, 15) is 4.79 Å². The van der Waals surface area contributed by atoms with E-state index in [1.54, 1.807) is 0 Å². The number of ether oxygens (including phenoxy) is 1. The van der Waals surface area contributed by atoms with E-state index < -0.39 is 0 Å². The van der Waals surface area contributed by atoms with Gasteiger partial charge in [0.2, 0.25) is 0 Å². The number of aliphatic hydroxyl groups is 1. The molecule has 0 aromatic rings. The summed E-state index contributed by atoms with van der Waals surface area (Å²) in [6.45, 7) is 4.03. The van der Waals surface area contributed by atoms with E-state index in [4.69, 9.17) is 9.84 Å². The standard InChI is InChI=1S/C24H40O3/c1-3-5-6-7-8-9-10-11-12-13-14-15-16-17-18-19-20-21-24(26)27-23(4-2)22-25/h8-9,11-12,14-15,17-18,23,25H,3-7,10,13,16,19-22H2,1-2H3/b9-8-,12-11-,15-14-,18-17-. The minimum absolute atomic E-state index is 0.0978. The molecule has 3 nitrogen and oxygen atoms in total. The first-order valence-electron chi connectivity index (χ1n) is 10.6. The van der Waals surface area contributed by atoms with Crippen LogP contribution in [0.2, 0.25) is 0 Å². The summed E-state index contributed by atoms with van der Waals surface area (Å²) < 4.78 is 5.14. The molecule has 0 saturated carbocycles. The number of aliphatic hydroxyl groups excluding tert-OH is 1. The molecule has 27 heavy (non-hydrogen) atoms. The quantitative estimate of drug-likeness (QED) is 0.180. The van der Waals surface area contributed by atoms with Gasteiger partial charge in [-0.25, -0.2) is 0 Å². The molecule has 1 N–H and O–H groups in total. The van der Waals surface area contributed by atoms with E-state index in [0.29, 0.717) is 12.8 Å². The van der Waals surface area contributed by atoms with Gasteiger partial charge in [-0.2, -0.15) is 0 Å². The zero-order chi connectivity index (χ0) is 20.0. The van der Waals surface area contributed by atoms with E-state index in [1.807, 2.05) is 6.92 Å². The van der Waals surface area contributed by atoms with Gasteiger partial charge in [-0.05, 0) is 51.4 Å². The van der Waals surface area contributed by atoms with E-state index in [2.05, 4.69) is 55.5 Å². The summed E-state index contributed by atoms with van der Waals surface area (Å²) in [5, 5.41) is 8.99. The smallest absolute Gasteiger partial charge is 0.306 e. The van der Waals surface area contributed by atoms with Crippen molar-refractivity contribution in [2.24, 2.45) is 0 Å². The van der Waals surface area contributed by atoms with Crippen molar-refractivity contribution in [1.82, 2.24) is 0 Å². The van der Waals surface area contributed by atoms with Crippen LogP contribution in [0, 0.1) is 0 Å². The van der Waals surface area contributed by atoms with Gasteiger partial charge in [-0.3, -0.25) is 4.79 Å². The molecule has 0 aromatic carbocycles. The van der Waals surface area contributed by atoms with Gasteiger partial charge in [0.25, 0.3) is 0 Å². The lowest BCUT2D eigenvalue weighted by atomic mass is 10.2. The summed E-state index contributed by atoms with van der Waals surface area (Å²) >= 11 is 0. The van der Waals surface area contributed by atoms with E-state index in [1.165, 1.54) is 25.7 Å². The zero-order valence-electron chi connectivity index (χ0n) is 17.4. The summed E-state index contributed by atoms with van der Waals surface area (Å²) in [5.74, 6) is -0.216. The van der Waals surface area contributed by atoms with Gasteiger partial charge < -0.3 is 9.84 Å². The number of hydrogen-bond acceptors (Lipinski definition) is 3. The van der Waals surface area contributed by atoms with Crippen molar-refractivity contribution in [1.29, 1.82) is 0 Å². The summed E-state index contributed by atoms with van der Waals surface area (Å²) in [6, 6.07) is 0. The van der Waals surface area contributed by atoms with Crippen molar-refractivity contribution >= 4 is 5.97 Å². The molecule has 0 fully saturated rings. The minimum atomic E-state index is -0.353. The van der Waals surface area contributed by atoms with Crippen molar-refractivity contribution in [3.63, 3.8) is 0 Å². The molecule has 0 aliphatic heterocycles. The van der Waals surface area contributed by atoms with Crippen LogP contribution in [0.3, 0.4) is 0 Å². The van der Waals surface area contributed by atoms with Crippen LogP contribution in [-0.2, 0) is 9.53 Å². The highest BCUT2D eigenvalue weighted by molar-refractivity contribution is 5.69. The molecule has 0 amide bonds. The number of carbonyl (C=O) groups is 1. The predicted molar refractivity (Wildman–Crippen MR) is 116 cm³/mol. The van der Waals surface area contributed by atoms with Gasteiger partial charge in [-0.15, -0.1) is 0 Å². The van der Waals surface area contributed by atoms with Gasteiger partial charge in [0.05, 0.1) is 6.61 Å². The highest BCUT2D eigenvalue weighted by Gasteiger charge is 2.10. The van der Waals surface area contributed by atoms with E-state index in [0.717, 1.165) is 32.1 Å². The fourth-order valence-electron chi connectivity index (χ4n) is 2.42. The SMILES string of the molecule is CCCCC/C=C\C/C=C\C/C=C\C/C=C\CCCC(=O)OC(CC)CO. The number of allylic oxidation sites excluding steroid dienone is 8. The summed E-state index contributed by atoms with van der Waals surface area (Å²) in [6.07, 6.45) is 28.0. The highest BCUT2D eigenvalue weighted by Crippen LogP contribution is 2.04. The number of unbranched alkanes of at least 4 members (excludes halogenated alkanes) is 4. The molecule has 154 valence electrons. The summed E-state index contributed by atoms with van der Waals surface area (Å²) in [4.78, 5) is 11.6. The number of carbonyl (C=O) groups excluding carboxylic acids is 1. The third-order valence-electron chi connectivity index (χ3n) is 4.17. The third kappa shape index (κ3) is 19.0. The molecule has 0 saturated heterocycles. The first-order chi connectivity index (χ1) is 13.2. The maximum atomic E-state index is 11.6. The Morgan fingerprint density at radius 1 is 0.815 bits per heavy atom. The molecule has 1 unspecified atom stereocenters. The van der Waals surface area contributed by atoms with Crippen LogP contribution >= 0.6 is 0 Å². The fraction of sp³-hybridized carbons (Fsp3) is 0.625. The molecule has 0 bridgehead atoms. The van der Waals surface area contributed by atoms with E-state index >= 15 is 0 Å². The summed E-state index contributed by atoms with van der Waals surface area (Å²) in [7, 11) is 0. The molecular weight excluding hydrogens is 336 g/mol. The molecule has 0 aromatic heterocycles. The largest absolute Gasteiger partial charge is 0.460 e. The van der Waals surface area contributed by atoms with Gasteiger partial charge in [0, 0.05) is 6.42 Å². The van der Waals surface area contributed by atoms with Crippen LogP contribution in [0.25, 0.3) is 0 Å². The predicted octanol–water partition coefficient (Wildman–Crippen LogP) is 6.45. The Balaban J connectivity index is 3.55. The lowest BCUT2D eigenvalue weighted by Crippen LogP contribution is -2.20. The highest BCUT2D eigenvalue weighted by atomic mass is 16.5. The second kappa shape index (κ2) is 20.7. The normalized spacial score (nSPS) is 13.4. The van der Waals surface area contributed by atoms with Crippen LogP contribution < -0.4 is 0 Å². The molecule has 0 spiro atoms. The minimum Gasteiger partial charge on any atom is -0.460 e. The lowest BCUT2D eigenvalue weighted by Gasteiger charge is -2.12. The monoisotopic (exact) mass is 376 g/mol. The Bertz CT molecular complexity index is 443. The van der Waals surface area contributed by atoms with Crippen molar-refractivity contribution in [2.45, 2.75) is 90.6 Å². The van der Waals surface area contributed by atoms with Crippen molar-refractivity contribution < 1.29 is 14.6 Å². The maximum Gasteiger partial charge on any atom is 0.306 e. The second-order valence-electron chi connectivity index (χ2n) is 6.68. The molecule has 0 aliphatic carbocycles. The van der Waals surface area contributed by atoms with Gasteiger partial charge in [0.1, 0.15) is 6.10 Å². The molecule has 0 radical (unpaired) electrons. The summed E-state index contributed by atoms with van der Waals surface area (Å²) in [5.41, 5.74) is 0. The Morgan fingerprint density at radius 2 is 1.33 bits per heavy atom. The zero-order valence-corrected chi connectivity index (χ0v) is 17.4. The molecule has 0 heterocycles. The number of hydrogen-bond donors (Lipinski definition) is 1. The number of rotatable bonds is 17. The number of esters is 1. The molecule has 1 atom stereocenters. The fourth-order valence-corrected chi connectivity index (χ4v) is 2.42.